The quantitative estimate of drug-likeness (QED) is 0.626. The lowest BCUT2D eigenvalue weighted by atomic mass is 10.2. The number of benzene rings is 2. The maximum atomic E-state index is 13.0. The third-order valence-electron chi connectivity index (χ3n) is 4.80. The van der Waals surface area contributed by atoms with Crippen molar-refractivity contribution < 1.29 is 9.18 Å². The summed E-state index contributed by atoms with van der Waals surface area (Å²) in [4.78, 5) is 21.4. The molecule has 1 aliphatic heterocycles. The van der Waals surface area contributed by atoms with E-state index in [0.29, 0.717) is 23.7 Å². The number of halogens is 2. The van der Waals surface area contributed by atoms with Gasteiger partial charge in [0.25, 0.3) is 5.91 Å². The molecule has 1 aromatic heterocycles. The minimum Gasteiger partial charge on any atom is -0.336 e. The molecular formula is C21H19ClFN3OS. The Morgan fingerprint density at radius 2 is 1.71 bits per heavy atom. The summed E-state index contributed by atoms with van der Waals surface area (Å²) < 4.78 is 13.0. The van der Waals surface area contributed by atoms with Gasteiger partial charge in [-0.05, 0) is 36.4 Å². The molecule has 1 fully saturated rings. The van der Waals surface area contributed by atoms with E-state index in [9.17, 15) is 9.18 Å². The molecule has 0 bridgehead atoms. The van der Waals surface area contributed by atoms with Gasteiger partial charge in [-0.2, -0.15) is 0 Å². The minimum absolute atomic E-state index is 0.0427. The lowest BCUT2D eigenvalue weighted by molar-refractivity contribution is 0.0628. The van der Waals surface area contributed by atoms with Crippen LogP contribution in [-0.2, 0) is 6.54 Å². The lowest BCUT2D eigenvalue weighted by Crippen LogP contribution is -2.48. The second kappa shape index (κ2) is 8.39. The van der Waals surface area contributed by atoms with Gasteiger partial charge in [-0.1, -0.05) is 23.7 Å². The molecule has 1 saturated heterocycles. The number of carbonyl (C=O) groups is 1. The third-order valence-corrected chi connectivity index (χ3v) is 5.89. The third kappa shape index (κ3) is 4.41. The van der Waals surface area contributed by atoms with Gasteiger partial charge in [0, 0.05) is 47.7 Å². The normalized spacial score (nSPS) is 15.0. The fourth-order valence-corrected chi connectivity index (χ4v) is 4.18. The second-order valence-electron chi connectivity index (χ2n) is 6.71. The molecule has 0 aliphatic carbocycles. The van der Waals surface area contributed by atoms with E-state index in [-0.39, 0.29) is 11.7 Å². The Hall–Kier alpha value is -2.28. The predicted molar refractivity (Wildman–Crippen MR) is 110 cm³/mol. The molecule has 7 heteroatoms. The molecule has 1 aliphatic rings. The van der Waals surface area contributed by atoms with Gasteiger partial charge in [0.1, 0.15) is 10.8 Å². The Bertz CT molecular complexity index is 951. The first-order chi connectivity index (χ1) is 13.6. The van der Waals surface area contributed by atoms with Crippen molar-refractivity contribution in [3.63, 3.8) is 0 Å². The maximum absolute atomic E-state index is 13.0. The monoisotopic (exact) mass is 415 g/mol. The van der Waals surface area contributed by atoms with Crippen LogP contribution in [0.1, 0.15) is 15.4 Å². The molecule has 0 radical (unpaired) electrons. The lowest BCUT2D eigenvalue weighted by Gasteiger charge is -2.34. The maximum Gasteiger partial charge on any atom is 0.253 e. The van der Waals surface area contributed by atoms with Crippen molar-refractivity contribution in [2.75, 3.05) is 26.2 Å². The summed E-state index contributed by atoms with van der Waals surface area (Å²) in [6, 6.07) is 13.4. The smallest absolute Gasteiger partial charge is 0.253 e. The average Bonchev–Trinajstić information content (AvgIpc) is 3.18. The molecule has 0 atom stereocenters. The van der Waals surface area contributed by atoms with Crippen molar-refractivity contribution in [2.24, 2.45) is 0 Å². The van der Waals surface area contributed by atoms with Gasteiger partial charge in [-0.25, -0.2) is 9.37 Å². The number of aromatic nitrogens is 1. The highest BCUT2D eigenvalue weighted by Crippen LogP contribution is 2.24. The van der Waals surface area contributed by atoms with E-state index in [1.807, 2.05) is 29.2 Å². The number of thiazole rings is 1. The van der Waals surface area contributed by atoms with Crippen LogP contribution in [0.25, 0.3) is 11.3 Å². The van der Waals surface area contributed by atoms with Crippen molar-refractivity contribution in [3.05, 3.63) is 75.3 Å². The number of carbonyl (C=O) groups excluding carboxylic acids is 1. The molecule has 0 saturated carbocycles. The molecule has 4 rings (SSSR count). The number of piperazine rings is 1. The van der Waals surface area contributed by atoms with Gasteiger partial charge in [-0.3, -0.25) is 9.69 Å². The van der Waals surface area contributed by atoms with Gasteiger partial charge in [0.2, 0.25) is 0 Å². The van der Waals surface area contributed by atoms with Crippen LogP contribution >= 0.6 is 22.9 Å². The Balaban J connectivity index is 1.33. The number of nitrogens with zero attached hydrogens (tertiary/aromatic N) is 3. The zero-order valence-corrected chi connectivity index (χ0v) is 16.7. The van der Waals surface area contributed by atoms with Crippen LogP contribution < -0.4 is 0 Å². The van der Waals surface area contributed by atoms with Crippen LogP contribution in [0.15, 0.2) is 53.9 Å². The van der Waals surface area contributed by atoms with Gasteiger partial charge < -0.3 is 4.90 Å². The first kappa shape index (κ1) is 19.1. The molecule has 3 aromatic rings. The summed E-state index contributed by atoms with van der Waals surface area (Å²) in [5, 5.41) is 3.84. The Morgan fingerprint density at radius 1 is 1.04 bits per heavy atom. The fourth-order valence-electron chi connectivity index (χ4n) is 3.21. The minimum atomic E-state index is -0.331. The van der Waals surface area contributed by atoms with E-state index in [0.717, 1.165) is 35.9 Å². The topological polar surface area (TPSA) is 36.4 Å². The number of hydrogen-bond donors (Lipinski definition) is 0. The fraction of sp³-hybridized carbons (Fsp3) is 0.238. The molecule has 2 heterocycles. The SMILES string of the molecule is O=C(c1ccc(F)cc1)N1CCN(Cc2nc(-c3ccc(Cl)cc3)cs2)CC1. The summed E-state index contributed by atoms with van der Waals surface area (Å²) in [5.41, 5.74) is 2.55. The Morgan fingerprint density at radius 3 is 2.39 bits per heavy atom. The van der Waals surface area contributed by atoms with E-state index in [2.05, 4.69) is 10.3 Å². The molecule has 0 unspecified atom stereocenters. The number of rotatable bonds is 4. The van der Waals surface area contributed by atoms with Gasteiger partial charge in [-0.15, -0.1) is 11.3 Å². The van der Waals surface area contributed by atoms with Crippen molar-refractivity contribution in [1.82, 2.24) is 14.8 Å². The molecule has 0 spiro atoms. The zero-order chi connectivity index (χ0) is 19.5. The highest BCUT2D eigenvalue weighted by atomic mass is 35.5. The summed E-state index contributed by atoms with van der Waals surface area (Å²) >= 11 is 7.59. The van der Waals surface area contributed by atoms with Gasteiger partial charge >= 0.3 is 0 Å². The van der Waals surface area contributed by atoms with Crippen LogP contribution in [0.5, 0.6) is 0 Å². The van der Waals surface area contributed by atoms with Crippen LogP contribution in [-0.4, -0.2) is 46.9 Å². The van der Waals surface area contributed by atoms with Crippen LogP contribution in [0.2, 0.25) is 5.02 Å². The predicted octanol–water partition coefficient (Wildman–Crippen LogP) is 4.56. The highest BCUT2D eigenvalue weighted by molar-refractivity contribution is 7.09. The highest BCUT2D eigenvalue weighted by Gasteiger charge is 2.22. The second-order valence-corrected chi connectivity index (χ2v) is 8.09. The molecule has 1 amide bonds. The van der Waals surface area contributed by atoms with E-state index in [4.69, 9.17) is 16.6 Å². The van der Waals surface area contributed by atoms with E-state index >= 15 is 0 Å². The van der Waals surface area contributed by atoms with Crippen molar-refractivity contribution >= 4 is 28.8 Å². The first-order valence-electron chi connectivity index (χ1n) is 9.06. The molecule has 4 nitrogen and oxygen atoms in total. The van der Waals surface area contributed by atoms with Crippen molar-refractivity contribution in [1.29, 1.82) is 0 Å². The Kier molecular flexibility index (Phi) is 5.71. The summed E-state index contributed by atoms with van der Waals surface area (Å²) in [5.74, 6) is -0.373. The van der Waals surface area contributed by atoms with Gasteiger partial charge in [0.05, 0.1) is 12.2 Å². The molecule has 144 valence electrons. The molecule has 0 N–H and O–H groups in total. The van der Waals surface area contributed by atoms with Crippen LogP contribution in [0.4, 0.5) is 4.39 Å². The Labute approximate surface area is 172 Å². The summed E-state index contributed by atoms with van der Waals surface area (Å²) in [7, 11) is 0. The van der Waals surface area contributed by atoms with Crippen LogP contribution in [0.3, 0.4) is 0 Å². The zero-order valence-electron chi connectivity index (χ0n) is 15.1. The van der Waals surface area contributed by atoms with Crippen LogP contribution in [0, 0.1) is 5.82 Å². The molecular weight excluding hydrogens is 397 g/mol. The largest absolute Gasteiger partial charge is 0.336 e. The summed E-state index contributed by atoms with van der Waals surface area (Å²) in [6.07, 6.45) is 0. The first-order valence-corrected chi connectivity index (χ1v) is 10.3. The number of amides is 1. The van der Waals surface area contributed by atoms with Crippen molar-refractivity contribution in [3.8, 4) is 11.3 Å². The molecule has 28 heavy (non-hydrogen) atoms. The number of hydrogen-bond acceptors (Lipinski definition) is 4. The standard InChI is InChI=1S/C21H19ClFN3OS/c22-17-5-1-15(2-6-17)19-14-28-20(24-19)13-25-9-11-26(12-10-25)21(27)16-3-7-18(23)8-4-16/h1-8,14H,9-13H2. The average molecular weight is 416 g/mol. The van der Waals surface area contributed by atoms with E-state index in [1.165, 1.54) is 24.3 Å². The van der Waals surface area contributed by atoms with E-state index < -0.39 is 0 Å². The van der Waals surface area contributed by atoms with Crippen molar-refractivity contribution in [2.45, 2.75) is 6.54 Å². The van der Waals surface area contributed by atoms with Gasteiger partial charge in [0.15, 0.2) is 0 Å². The van der Waals surface area contributed by atoms with E-state index in [1.54, 1.807) is 11.3 Å². The summed E-state index contributed by atoms with van der Waals surface area (Å²) in [6.45, 7) is 3.68. The molecule has 2 aromatic carbocycles.